The first kappa shape index (κ1) is 9.83. The SMILES string of the molecule is CCn1cc(Nc2nccn3nccc23)cn1. The first-order valence-corrected chi connectivity index (χ1v) is 5.44. The van der Waals surface area contributed by atoms with Gasteiger partial charge in [0.25, 0.3) is 0 Å². The van der Waals surface area contributed by atoms with Crippen LogP contribution in [0.25, 0.3) is 5.52 Å². The molecule has 0 spiro atoms. The Hall–Kier alpha value is -2.37. The Balaban J connectivity index is 1.96. The van der Waals surface area contributed by atoms with Gasteiger partial charge in [-0.05, 0) is 13.0 Å². The fourth-order valence-electron chi connectivity index (χ4n) is 1.69. The molecule has 6 heteroatoms. The highest BCUT2D eigenvalue weighted by Gasteiger charge is 2.04. The van der Waals surface area contributed by atoms with Crippen molar-refractivity contribution in [3.05, 3.63) is 37.1 Å². The van der Waals surface area contributed by atoms with Crippen molar-refractivity contribution in [2.45, 2.75) is 13.5 Å². The van der Waals surface area contributed by atoms with E-state index < -0.39 is 0 Å². The first-order valence-electron chi connectivity index (χ1n) is 5.44. The maximum absolute atomic E-state index is 4.30. The minimum atomic E-state index is 0.778. The van der Waals surface area contributed by atoms with E-state index in [1.807, 2.05) is 30.1 Å². The molecule has 17 heavy (non-hydrogen) atoms. The highest BCUT2D eigenvalue weighted by molar-refractivity contribution is 5.72. The molecule has 0 aliphatic carbocycles. The molecule has 0 aliphatic heterocycles. The minimum Gasteiger partial charge on any atom is -0.336 e. The second-order valence-corrected chi connectivity index (χ2v) is 3.65. The van der Waals surface area contributed by atoms with Crippen molar-refractivity contribution in [1.82, 2.24) is 24.4 Å². The summed E-state index contributed by atoms with van der Waals surface area (Å²) in [7, 11) is 0. The Morgan fingerprint density at radius 3 is 3.06 bits per heavy atom. The van der Waals surface area contributed by atoms with Crippen molar-refractivity contribution in [2.75, 3.05) is 5.32 Å². The van der Waals surface area contributed by atoms with E-state index in [9.17, 15) is 0 Å². The van der Waals surface area contributed by atoms with E-state index in [1.54, 1.807) is 23.1 Å². The lowest BCUT2D eigenvalue weighted by molar-refractivity contribution is 0.660. The van der Waals surface area contributed by atoms with Crippen molar-refractivity contribution in [2.24, 2.45) is 0 Å². The molecule has 0 fully saturated rings. The normalized spacial score (nSPS) is 10.9. The standard InChI is InChI=1S/C11H12N6/c1-2-16-8-9(7-14-16)15-11-10-3-4-13-17(10)6-5-12-11/h3-8H,2H2,1H3,(H,12,15). The molecule has 0 saturated heterocycles. The zero-order valence-corrected chi connectivity index (χ0v) is 9.41. The predicted molar refractivity (Wildman–Crippen MR) is 64.2 cm³/mol. The van der Waals surface area contributed by atoms with E-state index in [0.29, 0.717) is 0 Å². The number of hydrogen-bond donors (Lipinski definition) is 1. The Morgan fingerprint density at radius 2 is 2.24 bits per heavy atom. The van der Waals surface area contributed by atoms with Gasteiger partial charge in [0.15, 0.2) is 5.82 Å². The number of aromatic nitrogens is 5. The lowest BCUT2D eigenvalue weighted by Crippen LogP contribution is -1.97. The van der Waals surface area contributed by atoms with Gasteiger partial charge in [-0.1, -0.05) is 0 Å². The molecular formula is C11H12N6. The lowest BCUT2D eigenvalue weighted by Gasteiger charge is -2.03. The largest absolute Gasteiger partial charge is 0.336 e. The van der Waals surface area contributed by atoms with E-state index in [2.05, 4.69) is 20.5 Å². The molecule has 0 bridgehead atoms. The summed E-state index contributed by atoms with van der Waals surface area (Å²) in [6.45, 7) is 2.90. The summed E-state index contributed by atoms with van der Waals surface area (Å²) in [6.07, 6.45) is 9.01. The molecule has 0 unspecified atom stereocenters. The Morgan fingerprint density at radius 1 is 1.29 bits per heavy atom. The fourth-order valence-corrected chi connectivity index (χ4v) is 1.69. The van der Waals surface area contributed by atoms with Crippen LogP contribution < -0.4 is 5.32 Å². The van der Waals surface area contributed by atoms with Gasteiger partial charge in [0.2, 0.25) is 0 Å². The summed E-state index contributed by atoms with van der Waals surface area (Å²) in [4.78, 5) is 4.30. The van der Waals surface area contributed by atoms with E-state index in [-0.39, 0.29) is 0 Å². The third kappa shape index (κ3) is 1.73. The molecule has 6 nitrogen and oxygen atoms in total. The van der Waals surface area contributed by atoms with E-state index in [4.69, 9.17) is 0 Å². The molecule has 0 atom stereocenters. The maximum Gasteiger partial charge on any atom is 0.156 e. The predicted octanol–water partition coefficient (Wildman–Crippen LogP) is 1.69. The van der Waals surface area contributed by atoms with Crippen LogP contribution in [0.3, 0.4) is 0 Å². The maximum atomic E-state index is 4.30. The van der Waals surface area contributed by atoms with Crippen LogP contribution in [0.5, 0.6) is 0 Å². The van der Waals surface area contributed by atoms with Crippen molar-refractivity contribution in [1.29, 1.82) is 0 Å². The quantitative estimate of drug-likeness (QED) is 0.741. The van der Waals surface area contributed by atoms with Crippen molar-refractivity contribution in [3.63, 3.8) is 0 Å². The number of fused-ring (bicyclic) bond motifs is 1. The van der Waals surface area contributed by atoms with Gasteiger partial charge in [0, 0.05) is 25.1 Å². The minimum absolute atomic E-state index is 0.778. The van der Waals surface area contributed by atoms with Crippen molar-refractivity contribution < 1.29 is 0 Å². The average molecular weight is 228 g/mol. The van der Waals surface area contributed by atoms with Crippen LogP contribution in [-0.4, -0.2) is 24.4 Å². The monoisotopic (exact) mass is 228 g/mol. The molecule has 0 saturated carbocycles. The summed E-state index contributed by atoms with van der Waals surface area (Å²) >= 11 is 0. The van der Waals surface area contributed by atoms with Gasteiger partial charge in [-0.15, -0.1) is 0 Å². The van der Waals surface area contributed by atoms with Gasteiger partial charge in [-0.2, -0.15) is 10.2 Å². The van der Waals surface area contributed by atoms with Gasteiger partial charge in [0.05, 0.1) is 18.1 Å². The summed E-state index contributed by atoms with van der Waals surface area (Å²) in [5.74, 6) is 0.778. The summed E-state index contributed by atoms with van der Waals surface area (Å²) < 4.78 is 3.64. The van der Waals surface area contributed by atoms with Crippen LogP contribution in [0.1, 0.15) is 6.92 Å². The summed E-state index contributed by atoms with van der Waals surface area (Å²) in [6, 6.07) is 1.92. The highest BCUT2D eigenvalue weighted by Crippen LogP contribution is 2.18. The number of aryl methyl sites for hydroxylation is 1. The van der Waals surface area contributed by atoms with Crippen LogP contribution in [0.15, 0.2) is 37.1 Å². The third-order valence-corrected chi connectivity index (χ3v) is 2.54. The van der Waals surface area contributed by atoms with E-state index >= 15 is 0 Å². The van der Waals surface area contributed by atoms with E-state index in [1.165, 1.54) is 0 Å². The molecule has 1 N–H and O–H groups in total. The molecule has 0 aromatic carbocycles. The van der Waals surface area contributed by atoms with Gasteiger partial charge < -0.3 is 5.32 Å². The zero-order chi connectivity index (χ0) is 11.7. The van der Waals surface area contributed by atoms with Gasteiger partial charge in [-0.25, -0.2) is 9.50 Å². The van der Waals surface area contributed by atoms with Crippen LogP contribution in [0, 0.1) is 0 Å². The summed E-state index contributed by atoms with van der Waals surface area (Å²) in [5.41, 5.74) is 1.87. The molecule has 0 aliphatic rings. The fraction of sp³-hybridized carbons (Fsp3) is 0.182. The summed E-state index contributed by atoms with van der Waals surface area (Å²) in [5, 5.41) is 11.6. The Labute approximate surface area is 97.9 Å². The van der Waals surface area contributed by atoms with Crippen molar-refractivity contribution in [3.8, 4) is 0 Å². The number of nitrogens with zero attached hydrogens (tertiary/aromatic N) is 5. The number of nitrogens with one attached hydrogen (secondary N) is 1. The smallest absolute Gasteiger partial charge is 0.156 e. The molecule has 0 radical (unpaired) electrons. The van der Waals surface area contributed by atoms with Crippen LogP contribution in [-0.2, 0) is 6.54 Å². The molecule has 3 aromatic heterocycles. The van der Waals surface area contributed by atoms with Crippen LogP contribution in [0.2, 0.25) is 0 Å². The first-order chi connectivity index (χ1) is 8.36. The van der Waals surface area contributed by atoms with E-state index in [0.717, 1.165) is 23.6 Å². The lowest BCUT2D eigenvalue weighted by atomic mass is 10.4. The van der Waals surface area contributed by atoms with Crippen LogP contribution >= 0.6 is 0 Å². The van der Waals surface area contributed by atoms with Gasteiger partial charge in [-0.3, -0.25) is 4.68 Å². The number of rotatable bonds is 3. The molecule has 0 amide bonds. The number of hydrogen-bond acceptors (Lipinski definition) is 4. The molecule has 3 rings (SSSR count). The average Bonchev–Trinajstić information content (AvgIpc) is 2.97. The molecule has 3 aromatic rings. The molecule has 86 valence electrons. The molecule has 3 heterocycles. The second-order valence-electron chi connectivity index (χ2n) is 3.65. The zero-order valence-electron chi connectivity index (χ0n) is 9.41. The topological polar surface area (TPSA) is 60.0 Å². The van der Waals surface area contributed by atoms with Crippen LogP contribution in [0.4, 0.5) is 11.5 Å². The second kappa shape index (κ2) is 3.89. The Bertz CT molecular complexity index is 638. The molecular weight excluding hydrogens is 216 g/mol. The number of anilines is 2. The van der Waals surface area contributed by atoms with Gasteiger partial charge >= 0.3 is 0 Å². The highest BCUT2D eigenvalue weighted by atomic mass is 15.3. The Kier molecular flexibility index (Phi) is 2.25. The third-order valence-electron chi connectivity index (χ3n) is 2.54. The van der Waals surface area contributed by atoms with Gasteiger partial charge in [0.1, 0.15) is 5.52 Å². The van der Waals surface area contributed by atoms with Crippen molar-refractivity contribution >= 4 is 17.0 Å².